The number of carbonyl (C=O) groups excluding carboxylic acids is 1. The number of furan rings is 1. The van der Waals surface area contributed by atoms with Gasteiger partial charge >= 0.3 is 0 Å². The van der Waals surface area contributed by atoms with E-state index in [1.807, 2.05) is 31.2 Å². The Kier molecular flexibility index (Phi) is 5.33. The van der Waals surface area contributed by atoms with E-state index < -0.39 is 0 Å². The predicted octanol–water partition coefficient (Wildman–Crippen LogP) is 5.24. The number of rotatable bonds is 4. The molecule has 0 radical (unpaired) electrons. The Bertz CT molecular complexity index is 1050. The van der Waals surface area contributed by atoms with Gasteiger partial charge < -0.3 is 14.8 Å². The first-order valence-electron chi connectivity index (χ1n) is 10.3. The minimum Gasteiger partial charge on any atom is -0.508 e. The molecule has 1 aliphatic rings. The molecule has 0 unspecified atom stereocenters. The van der Waals surface area contributed by atoms with Gasteiger partial charge in [0.1, 0.15) is 17.1 Å². The predicted molar refractivity (Wildman–Crippen MR) is 115 cm³/mol. The molecule has 1 saturated heterocycles. The summed E-state index contributed by atoms with van der Waals surface area (Å²) in [7, 11) is 0. The van der Waals surface area contributed by atoms with Gasteiger partial charge in [0.15, 0.2) is 0 Å². The fraction of sp³-hybridized carbons (Fsp3) is 0.375. The summed E-state index contributed by atoms with van der Waals surface area (Å²) in [6, 6.07) is 11.1. The first kappa shape index (κ1) is 19.5. The van der Waals surface area contributed by atoms with Crippen LogP contribution in [0, 0.1) is 19.8 Å². The number of aromatic hydroxyl groups is 1. The standard InChI is InChI=1S/C24H28N2O3/c1-15-6-4-8-18(12-15)25-24(28)22-17(3)29-21-10-9-20(27)19(23(21)22)14-26-11-5-7-16(2)13-26/h4,6,8-10,12,16,27H,5,7,11,13-14H2,1-3H3,(H,25,28)/t16-/m0/s1. The van der Waals surface area contributed by atoms with Crippen molar-refractivity contribution in [1.29, 1.82) is 0 Å². The normalized spacial score (nSPS) is 17.6. The Hall–Kier alpha value is -2.79. The number of benzene rings is 2. The number of nitrogens with one attached hydrogen (secondary N) is 1. The van der Waals surface area contributed by atoms with Crippen LogP contribution < -0.4 is 5.32 Å². The summed E-state index contributed by atoms with van der Waals surface area (Å²) in [4.78, 5) is 15.5. The largest absolute Gasteiger partial charge is 0.508 e. The Morgan fingerprint density at radius 2 is 2.10 bits per heavy atom. The molecule has 0 spiro atoms. The van der Waals surface area contributed by atoms with Crippen molar-refractivity contribution in [3.05, 3.63) is 58.8 Å². The first-order valence-corrected chi connectivity index (χ1v) is 10.3. The highest BCUT2D eigenvalue weighted by atomic mass is 16.3. The number of hydrogen-bond donors (Lipinski definition) is 2. The third-order valence-corrected chi connectivity index (χ3v) is 5.74. The zero-order valence-electron chi connectivity index (χ0n) is 17.3. The zero-order chi connectivity index (χ0) is 20.5. The highest BCUT2D eigenvalue weighted by Gasteiger charge is 2.25. The molecule has 1 aromatic heterocycles. The summed E-state index contributed by atoms with van der Waals surface area (Å²) in [5, 5.41) is 14.3. The lowest BCUT2D eigenvalue weighted by molar-refractivity contribution is 0.102. The van der Waals surface area contributed by atoms with Crippen LogP contribution in [0.4, 0.5) is 5.69 Å². The van der Waals surface area contributed by atoms with Gasteiger partial charge in [-0.05, 0) is 69.0 Å². The van der Waals surface area contributed by atoms with E-state index >= 15 is 0 Å². The van der Waals surface area contributed by atoms with Crippen LogP contribution in [0.3, 0.4) is 0 Å². The molecule has 0 bridgehead atoms. The van der Waals surface area contributed by atoms with Crippen molar-refractivity contribution < 1.29 is 14.3 Å². The molecule has 4 rings (SSSR count). The van der Waals surface area contributed by atoms with E-state index in [2.05, 4.69) is 17.1 Å². The second-order valence-electron chi connectivity index (χ2n) is 8.28. The molecule has 2 aromatic carbocycles. The van der Waals surface area contributed by atoms with E-state index in [4.69, 9.17) is 4.42 Å². The molecule has 152 valence electrons. The van der Waals surface area contributed by atoms with Crippen LogP contribution in [-0.4, -0.2) is 29.0 Å². The number of phenols is 1. The highest BCUT2D eigenvalue weighted by Crippen LogP contribution is 2.35. The van der Waals surface area contributed by atoms with E-state index in [0.717, 1.165) is 36.3 Å². The summed E-state index contributed by atoms with van der Waals surface area (Å²) in [5.41, 5.74) is 3.72. The van der Waals surface area contributed by atoms with Gasteiger partial charge in [0.2, 0.25) is 0 Å². The van der Waals surface area contributed by atoms with E-state index in [9.17, 15) is 9.90 Å². The maximum Gasteiger partial charge on any atom is 0.259 e. The zero-order valence-corrected chi connectivity index (χ0v) is 17.3. The number of aryl methyl sites for hydroxylation is 2. The fourth-order valence-corrected chi connectivity index (χ4v) is 4.37. The minimum atomic E-state index is -0.217. The molecule has 2 heterocycles. The molecule has 3 aromatic rings. The molecule has 1 amide bonds. The Balaban J connectivity index is 1.73. The number of anilines is 1. The van der Waals surface area contributed by atoms with Crippen molar-refractivity contribution in [3.8, 4) is 5.75 Å². The van der Waals surface area contributed by atoms with Gasteiger partial charge in [0.05, 0.1) is 5.56 Å². The SMILES string of the molecule is Cc1cccc(NC(=O)c2c(C)oc3ccc(O)c(CN4CCC[C@H](C)C4)c23)c1. The average Bonchev–Trinajstić information content (AvgIpc) is 3.00. The van der Waals surface area contributed by atoms with Crippen LogP contribution in [-0.2, 0) is 6.54 Å². The molecule has 5 nitrogen and oxygen atoms in total. The number of nitrogens with zero attached hydrogens (tertiary/aromatic N) is 1. The molecule has 1 fully saturated rings. The Morgan fingerprint density at radius 1 is 1.28 bits per heavy atom. The van der Waals surface area contributed by atoms with Crippen molar-refractivity contribution in [2.45, 2.75) is 40.2 Å². The molecule has 5 heteroatoms. The van der Waals surface area contributed by atoms with Crippen LogP contribution in [0.1, 0.15) is 47.0 Å². The van der Waals surface area contributed by atoms with Gasteiger partial charge in [-0.3, -0.25) is 9.69 Å². The number of carbonyl (C=O) groups is 1. The number of piperidine rings is 1. The molecule has 0 aliphatic carbocycles. The van der Waals surface area contributed by atoms with Gasteiger partial charge in [-0.1, -0.05) is 19.1 Å². The van der Waals surface area contributed by atoms with E-state index in [0.29, 0.717) is 34.8 Å². The van der Waals surface area contributed by atoms with Crippen molar-refractivity contribution in [2.24, 2.45) is 5.92 Å². The fourth-order valence-electron chi connectivity index (χ4n) is 4.37. The summed E-state index contributed by atoms with van der Waals surface area (Å²) < 4.78 is 5.90. The maximum absolute atomic E-state index is 13.2. The molecule has 29 heavy (non-hydrogen) atoms. The third-order valence-electron chi connectivity index (χ3n) is 5.74. The third kappa shape index (κ3) is 4.01. The molecule has 0 saturated carbocycles. The summed E-state index contributed by atoms with van der Waals surface area (Å²) >= 11 is 0. The van der Waals surface area contributed by atoms with Gasteiger partial charge in [0.25, 0.3) is 5.91 Å². The Labute approximate surface area is 171 Å². The number of phenolic OH excluding ortho intramolecular Hbond substituents is 1. The monoisotopic (exact) mass is 392 g/mol. The van der Waals surface area contributed by atoms with Crippen LogP contribution in [0.15, 0.2) is 40.8 Å². The van der Waals surface area contributed by atoms with Gasteiger partial charge in [-0.15, -0.1) is 0 Å². The maximum atomic E-state index is 13.2. The minimum absolute atomic E-state index is 0.209. The molecular weight excluding hydrogens is 364 g/mol. The first-order chi connectivity index (χ1) is 13.9. The van der Waals surface area contributed by atoms with E-state index in [-0.39, 0.29) is 11.7 Å². The summed E-state index contributed by atoms with van der Waals surface area (Å²) in [5.74, 6) is 1.19. The van der Waals surface area contributed by atoms with Crippen molar-refractivity contribution >= 4 is 22.6 Å². The number of amides is 1. The lowest BCUT2D eigenvalue weighted by Crippen LogP contribution is -2.33. The summed E-state index contributed by atoms with van der Waals surface area (Å²) in [6.07, 6.45) is 2.39. The second kappa shape index (κ2) is 7.91. The van der Waals surface area contributed by atoms with Gasteiger partial charge in [-0.25, -0.2) is 0 Å². The van der Waals surface area contributed by atoms with Gasteiger partial charge in [0, 0.05) is 29.7 Å². The van der Waals surface area contributed by atoms with Crippen LogP contribution in [0.5, 0.6) is 5.75 Å². The number of fused-ring (bicyclic) bond motifs is 1. The summed E-state index contributed by atoms with van der Waals surface area (Å²) in [6.45, 7) is 8.66. The number of hydrogen-bond acceptors (Lipinski definition) is 4. The molecule has 2 N–H and O–H groups in total. The van der Waals surface area contributed by atoms with E-state index in [1.54, 1.807) is 19.1 Å². The molecule has 1 aliphatic heterocycles. The lowest BCUT2D eigenvalue weighted by atomic mass is 9.98. The second-order valence-corrected chi connectivity index (χ2v) is 8.28. The smallest absolute Gasteiger partial charge is 0.259 e. The van der Waals surface area contributed by atoms with Crippen molar-refractivity contribution in [2.75, 3.05) is 18.4 Å². The lowest BCUT2D eigenvalue weighted by Gasteiger charge is -2.31. The molecule has 1 atom stereocenters. The quantitative estimate of drug-likeness (QED) is 0.637. The average molecular weight is 392 g/mol. The van der Waals surface area contributed by atoms with Crippen LogP contribution in [0.2, 0.25) is 0 Å². The highest BCUT2D eigenvalue weighted by molar-refractivity contribution is 6.14. The topological polar surface area (TPSA) is 65.7 Å². The van der Waals surface area contributed by atoms with Crippen molar-refractivity contribution in [3.63, 3.8) is 0 Å². The van der Waals surface area contributed by atoms with Crippen LogP contribution in [0.25, 0.3) is 11.0 Å². The molecular formula is C24H28N2O3. The van der Waals surface area contributed by atoms with Crippen LogP contribution >= 0.6 is 0 Å². The Morgan fingerprint density at radius 3 is 2.86 bits per heavy atom. The van der Waals surface area contributed by atoms with E-state index in [1.165, 1.54) is 6.42 Å². The van der Waals surface area contributed by atoms with Gasteiger partial charge in [-0.2, -0.15) is 0 Å². The number of likely N-dealkylation sites (tertiary alicyclic amines) is 1. The van der Waals surface area contributed by atoms with Crippen molar-refractivity contribution in [1.82, 2.24) is 4.90 Å².